The first-order chi connectivity index (χ1) is 5.74. The van der Waals surface area contributed by atoms with Crippen LogP contribution in [-0.4, -0.2) is 11.5 Å². The van der Waals surface area contributed by atoms with Gasteiger partial charge in [0.15, 0.2) is 0 Å². The second-order valence-corrected chi connectivity index (χ2v) is 3.32. The minimum absolute atomic E-state index is 0.0877. The predicted molar refractivity (Wildman–Crippen MR) is 52.1 cm³/mol. The fourth-order valence-corrected chi connectivity index (χ4v) is 1.28. The minimum atomic E-state index is -0.0877. The van der Waals surface area contributed by atoms with Gasteiger partial charge in [-0.25, -0.2) is 0 Å². The van der Waals surface area contributed by atoms with Crippen LogP contribution in [0.4, 0.5) is 0 Å². The lowest BCUT2D eigenvalue weighted by Gasteiger charge is -2.00. The molecular weight excluding hydrogens is 220 g/mol. The van der Waals surface area contributed by atoms with Crippen molar-refractivity contribution in [2.75, 3.05) is 6.54 Å². The third kappa shape index (κ3) is 2.46. The molecule has 0 saturated carbocycles. The Hall–Kier alpha value is -0.610. The van der Waals surface area contributed by atoms with Crippen molar-refractivity contribution in [3.05, 3.63) is 32.7 Å². The Morgan fingerprint density at radius 3 is 3.00 bits per heavy atom. The van der Waals surface area contributed by atoms with Crippen molar-refractivity contribution in [3.8, 4) is 0 Å². The summed E-state index contributed by atoms with van der Waals surface area (Å²) in [5.74, 6) is 0. The first-order valence-electron chi connectivity index (χ1n) is 3.82. The first-order valence-corrected chi connectivity index (χ1v) is 4.61. The summed E-state index contributed by atoms with van der Waals surface area (Å²) in [6, 6.07) is 1.82. The van der Waals surface area contributed by atoms with Crippen LogP contribution in [0.1, 0.15) is 12.5 Å². The maximum absolute atomic E-state index is 10.9. The van der Waals surface area contributed by atoms with Gasteiger partial charge >= 0.3 is 0 Å². The summed E-state index contributed by atoms with van der Waals surface area (Å²) in [7, 11) is 0. The molecule has 0 unspecified atom stereocenters. The predicted octanol–water partition coefficient (Wildman–Crippen LogP) is 1.25. The molecule has 4 heteroatoms. The highest BCUT2D eigenvalue weighted by Gasteiger charge is 1.96. The third-order valence-corrected chi connectivity index (χ3v) is 2.09. The van der Waals surface area contributed by atoms with E-state index < -0.39 is 0 Å². The highest BCUT2D eigenvalue weighted by Crippen LogP contribution is 2.04. The smallest absolute Gasteiger partial charge is 0.262 e. The van der Waals surface area contributed by atoms with Crippen molar-refractivity contribution in [2.45, 2.75) is 13.5 Å². The second kappa shape index (κ2) is 4.42. The van der Waals surface area contributed by atoms with Crippen molar-refractivity contribution < 1.29 is 0 Å². The topological polar surface area (TPSA) is 44.9 Å². The number of aromatic nitrogens is 1. The molecule has 0 aromatic carbocycles. The summed E-state index contributed by atoms with van der Waals surface area (Å²) in [4.78, 5) is 13.6. The molecule has 0 radical (unpaired) electrons. The molecule has 0 saturated heterocycles. The fraction of sp³-hybridized carbons (Fsp3) is 0.375. The van der Waals surface area contributed by atoms with Gasteiger partial charge in [0.2, 0.25) is 0 Å². The summed E-state index contributed by atoms with van der Waals surface area (Å²) in [6.07, 6.45) is 1.72. The summed E-state index contributed by atoms with van der Waals surface area (Å²) in [6.45, 7) is 3.75. The van der Waals surface area contributed by atoms with E-state index in [-0.39, 0.29) is 5.56 Å². The van der Waals surface area contributed by atoms with E-state index in [1.54, 1.807) is 6.20 Å². The third-order valence-electron chi connectivity index (χ3n) is 1.50. The number of hydrogen-bond acceptors (Lipinski definition) is 2. The Labute approximate surface area is 79.3 Å². The zero-order valence-electron chi connectivity index (χ0n) is 6.86. The molecule has 66 valence electrons. The molecule has 0 aliphatic rings. The number of aromatic amines is 1. The van der Waals surface area contributed by atoms with Crippen LogP contribution in [-0.2, 0) is 6.54 Å². The molecule has 12 heavy (non-hydrogen) atoms. The van der Waals surface area contributed by atoms with Crippen LogP contribution < -0.4 is 10.9 Å². The molecule has 0 aliphatic carbocycles. The molecule has 0 bridgehead atoms. The van der Waals surface area contributed by atoms with Gasteiger partial charge in [0.1, 0.15) is 0 Å². The lowest BCUT2D eigenvalue weighted by molar-refractivity contribution is 0.723. The van der Waals surface area contributed by atoms with E-state index in [1.807, 2.05) is 13.0 Å². The van der Waals surface area contributed by atoms with Crippen LogP contribution >= 0.6 is 15.9 Å². The number of rotatable bonds is 3. The molecule has 1 aromatic heterocycles. The van der Waals surface area contributed by atoms with Crippen LogP contribution in [0.3, 0.4) is 0 Å². The Balaban J connectivity index is 2.75. The van der Waals surface area contributed by atoms with Gasteiger partial charge in [-0.2, -0.15) is 0 Å². The van der Waals surface area contributed by atoms with E-state index in [1.165, 1.54) is 0 Å². The van der Waals surface area contributed by atoms with Gasteiger partial charge in [-0.15, -0.1) is 0 Å². The van der Waals surface area contributed by atoms with Crippen molar-refractivity contribution in [2.24, 2.45) is 0 Å². The number of hydrogen-bond donors (Lipinski definition) is 2. The Kier molecular flexibility index (Phi) is 3.49. The van der Waals surface area contributed by atoms with E-state index >= 15 is 0 Å². The SMILES string of the molecule is CCNCc1c[nH]c(=O)c(Br)c1. The molecule has 0 fully saturated rings. The number of nitrogens with one attached hydrogen (secondary N) is 2. The molecular formula is C8H11BrN2O. The van der Waals surface area contributed by atoms with E-state index in [0.29, 0.717) is 4.47 Å². The number of pyridine rings is 1. The minimum Gasteiger partial charge on any atom is -0.328 e. The van der Waals surface area contributed by atoms with Gasteiger partial charge in [-0.05, 0) is 34.1 Å². The van der Waals surface area contributed by atoms with Gasteiger partial charge in [0.05, 0.1) is 4.47 Å². The second-order valence-electron chi connectivity index (χ2n) is 2.47. The maximum atomic E-state index is 10.9. The Morgan fingerprint density at radius 1 is 1.67 bits per heavy atom. The van der Waals surface area contributed by atoms with Crippen LogP contribution in [0.5, 0.6) is 0 Å². The molecule has 0 atom stereocenters. The zero-order chi connectivity index (χ0) is 8.97. The average molecular weight is 231 g/mol. The van der Waals surface area contributed by atoms with Crippen molar-refractivity contribution >= 4 is 15.9 Å². The first kappa shape index (κ1) is 9.48. The van der Waals surface area contributed by atoms with E-state index in [2.05, 4.69) is 26.2 Å². The highest BCUT2D eigenvalue weighted by atomic mass is 79.9. The molecule has 0 aliphatic heterocycles. The van der Waals surface area contributed by atoms with Crippen molar-refractivity contribution in [3.63, 3.8) is 0 Å². The van der Waals surface area contributed by atoms with E-state index in [0.717, 1.165) is 18.7 Å². The standard InChI is InChI=1S/C8H11BrN2O/c1-2-10-4-6-3-7(9)8(12)11-5-6/h3,5,10H,2,4H2,1H3,(H,11,12). The monoisotopic (exact) mass is 230 g/mol. The summed E-state index contributed by atoms with van der Waals surface area (Å²) >= 11 is 3.17. The lowest BCUT2D eigenvalue weighted by Crippen LogP contribution is -2.14. The lowest BCUT2D eigenvalue weighted by atomic mass is 10.3. The van der Waals surface area contributed by atoms with Gasteiger partial charge < -0.3 is 10.3 Å². The Morgan fingerprint density at radius 2 is 2.42 bits per heavy atom. The molecule has 0 amide bonds. The van der Waals surface area contributed by atoms with Gasteiger partial charge in [-0.3, -0.25) is 4.79 Å². The quantitative estimate of drug-likeness (QED) is 0.822. The molecule has 1 heterocycles. The van der Waals surface area contributed by atoms with Crippen LogP contribution in [0.2, 0.25) is 0 Å². The summed E-state index contributed by atoms with van der Waals surface area (Å²) in [5, 5.41) is 3.17. The molecule has 0 spiro atoms. The molecule has 3 nitrogen and oxygen atoms in total. The average Bonchev–Trinajstić information content (AvgIpc) is 2.07. The number of halogens is 1. The van der Waals surface area contributed by atoms with E-state index in [9.17, 15) is 4.79 Å². The van der Waals surface area contributed by atoms with Gasteiger partial charge in [0, 0.05) is 12.7 Å². The van der Waals surface area contributed by atoms with Crippen LogP contribution in [0.15, 0.2) is 21.5 Å². The summed E-state index contributed by atoms with van der Waals surface area (Å²) in [5.41, 5.74) is 0.985. The van der Waals surface area contributed by atoms with Crippen molar-refractivity contribution in [1.82, 2.24) is 10.3 Å². The zero-order valence-corrected chi connectivity index (χ0v) is 8.44. The highest BCUT2D eigenvalue weighted by molar-refractivity contribution is 9.10. The number of H-pyrrole nitrogens is 1. The van der Waals surface area contributed by atoms with Crippen LogP contribution in [0, 0.1) is 0 Å². The summed E-state index contributed by atoms with van der Waals surface area (Å²) < 4.78 is 0.581. The Bertz CT molecular complexity index is 308. The normalized spacial score (nSPS) is 10.2. The molecule has 1 aromatic rings. The van der Waals surface area contributed by atoms with Gasteiger partial charge in [0.25, 0.3) is 5.56 Å². The van der Waals surface area contributed by atoms with E-state index in [4.69, 9.17) is 0 Å². The maximum Gasteiger partial charge on any atom is 0.262 e. The van der Waals surface area contributed by atoms with Crippen LogP contribution in [0.25, 0.3) is 0 Å². The molecule has 1 rings (SSSR count). The van der Waals surface area contributed by atoms with Gasteiger partial charge in [-0.1, -0.05) is 6.92 Å². The molecule has 2 N–H and O–H groups in total. The fourth-order valence-electron chi connectivity index (χ4n) is 0.869. The largest absolute Gasteiger partial charge is 0.328 e. The van der Waals surface area contributed by atoms with Crippen molar-refractivity contribution in [1.29, 1.82) is 0 Å².